The number of halogens is 3. The van der Waals surface area contributed by atoms with Crippen LogP contribution in [0.3, 0.4) is 0 Å². The van der Waals surface area contributed by atoms with Gasteiger partial charge >= 0.3 is 6.18 Å². The highest BCUT2D eigenvalue weighted by Crippen LogP contribution is 2.38. The first kappa shape index (κ1) is 15.5. The first-order valence-corrected chi connectivity index (χ1v) is 7.31. The summed E-state index contributed by atoms with van der Waals surface area (Å²) in [5, 5.41) is 0. The molecule has 0 amide bonds. The zero-order chi connectivity index (χ0) is 15.5. The van der Waals surface area contributed by atoms with Gasteiger partial charge in [0, 0.05) is 0 Å². The molecule has 0 radical (unpaired) electrons. The van der Waals surface area contributed by atoms with Crippen LogP contribution in [0, 0.1) is 0 Å². The van der Waals surface area contributed by atoms with Crippen molar-refractivity contribution in [2.24, 2.45) is 0 Å². The highest BCUT2D eigenvalue weighted by molar-refractivity contribution is 7.86. The Hall–Kier alpha value is -1.86. The maximum atomic E-state index is 13.1. The molecule has 0 aliphatic carbocycles. The average molecular weight is 316 g/mol. The van der Waals surface area contributed by atoms with E-state index < -0.39 is 22.4 Å². The van der Waals surface area contributed by atoms with Gasteiger partial charge in [0.1, 0.15) is 0 Å². The lowest BCUT2D eigenvalue weighted by Crippen LogP contribution is -2.26. The van der Waals surface area contributed by atoms with Gasteiger partial charge in [0.15, 0.2) is 6.10 Å². The first-order valence-electron chi connectivity index (χ1n) is 5.91. The molecule has 0 bridgehead atoms. The monoisotopic (exact) mass is 316 g/mol. The lowest BCUT2D eigenvalue weighted by molar-refractivity contribution is -0.196. The molecule has 0 saturated heterocycles. The number of hydrogen-bond acceptors (Lipinski definition) is 3. The Kier molecular flexibility index (Phi) is 4.34. The van der Waals surface area contributed by atoms with Crippen LogP contribution in [0.2, 0.25) is 0 Å². The van der Waals surface area contributed by atoms with Crippen molar-refractivity contribution < 1.29 is 25.8 Å². The number of rotatable bonds is 4. The maximum Gasteiger partial charge on any atom is 0.420 e. The van der Waals surface area contributed by atoms with E-state index in [2.05, 4.69) is 4.18 Å². The summed E-state index contributed by atoms with van der Waals surface area (Å²) in [6.07, 6.45) is -7.38. The fraction of sp³-hybridized carbons (Fsp3) is 0.143. The largest absolute Gasteiger partial charge is 0.420 e. The van der Waals surface area contributed by atoms with Gasteiger partial charge in [-0.05, 0) is 17.7 Å². The lowest BCUT2D eigenvalue weighted by Gasteiger charge is -2.20. The molecule has 0 aromatic heterocycles. The van der Waals surface area contributed by atoms with Crippen molar-refractivity contribution in [2.45, 2.75) is 17.2 Å². The normalized spacial score (nSPS) is 13.9. The maximum absolute atomic E-state index is 13.1. The van der Waals surface area contributed by atoms with E-state index in [1.54, 1.807) is 6.07 Å². The van der Waals surface area contributed by atoms with Gasteiger partial charge in [-0.15, -0.1) is 0 Å². The number of hydrogen-bond donors (Lipinski definition) is 0. The van der Waals surface area contributed by atoms with Crippen LogP contribution >= 0.6 is 0 Å². The lowest BCUT2D eigenvalue weighted by atomic mass is 10.1. The molecule has 3 nitrogen and oxygen atoms in total. The molecule has 2 rings (SSSR count). The van der Waals surface area contributed by atoms with E-state index in [-0.39, 0.29) is 10.5 Å². The van der Waals surface area contributed by atoms with E-state index in [4.69, 9.17) is 0 Å². The number of alkyl halides is 3. The van der Waals surface area contributed by atoms with E-state index in [1.165, 1.54) is 54.6 Å². The van der Waals surface area contributed by atoms with Crippen molar-refractivity contribution in [3.8, 4) is 0 Å². The van der Waals surface area contributed by atoms with Crippen LogP contribution in [0.15, 0.2) is 65.6 Å². The summed E-state index contributed by atoms with van der Waals surface area (Å²) in [5.74, 6) is 0. The van der Waals surface area contributed by atoms with E-state index >= 15 is 0 Å². The summed E-state index contributed by atoms with van der Waals surface area (Å²) < 4.78 is 67.5. The minimum atomic E-state index is -4.84. The SMILES string of the molecule is O=S(=O)(O[C@@H](c1ccccc1)C(F)(F)F)c1ccccc1. The molecular formula is C14H11F3O3S. The topological polar surface area (TPSA) is 43.4 Å². The highest BCUT2D eigenvalue weighted by Gasteiger charge is 2.45. The predicted octanol–water partition coefficient (Wildman–Crippen LogP) is 3.70. The van der Waals surface area contributed by atoms with Gasteiger partial charge in [-0.25, -0.2) is 4.18 Å². The molecule has 1 atom stereocenters. The van der Waals surface area contributed by atoms with Crippen LogP contribution in [0.1, 0.15) is 11.7 Å². The van der Waals surface area contributed by atoms with Crippen molar-refractivity contribution >= 4 is 10.1 Å². The molecule has 0 fully saturated rings. The molecule has 0 N–H and O–H groups in total. The second kappa shape index (κ2) is 5.87. The van der Waals surface area contributed by atoms with Gasteiger partial charge in [0.25, 0.3) is 10.1 Å². The third-order valence-corrected chi connectivity index (χ3v) is 3.95. The fourth-order valence-corrected chi connectivity index (χ4v) is 2.77. The molecule has 0 unspecified atom stereocenters. The summed E-state index contributed by atoms with van der Waals surface area (Å²) in [6.45, 7) is 0. The van der Waals surface area contributed by atoms with Crippen LogP contribution in [-0.2, 0) is 14.3 Å². The van der Waals surface area contributed by atoms with E-state index in [0.717, 1.165) is 0 Å². The van der Waals surface area contributed by atoms with Crippen molar-refractivity contribution in [1.82, 2.24) is 0 Å². The van der Waals surface area contributed by atoms with Crippen molar-refractivity contribution in [1.29, 1.82) is 0 Å². The molecule has 2 aromatic rings. The fourth-order valence-electron chi connectivity index (χ4n) is 1.70. The van der Waals surface area contributed by atoms with Gasteiger partial charge in [-0.3, -0.25) is 0 Å². The van der Waals surface area contributed by atoms with Gasteiger partial charge in [0.05, 0.1) is 4.90 Å². The summed E-state index contributed by atoms with van der Waals surface area (Å²) in [7, 11) is -4.51. The molecule has 0 saturated carbocycles. The van der Waals surface area contributed by atoms with E-state index in [1.807, 2.05) is 0 Å². The summed E-state index contributed by atoms with van der Waals surface area (Å²) in [5.41, 5.74) is -0.274. The smallest absolute Gasteiger partial charge is 0.248 e. The zero-order valence-electron chi connectivity index (χ0n) is 10.6. The van der Waals surface area contributed by atoms with Gasteiger partial charge in [0.2, 0.25) is 0 Å². The minimum absolute atomic E-state index is 0.274. The standard InChI is InChI=1S/C14H11F3O3S/c15-14(16,17)13(11-7-3-1-4-8-11)20-21(18,19)12-9-5-2-6-10-12/h1-10,13H/t13-/m0/s1. The van der Waals surface area contributed by atoms with Crippen molar-refractivity contribution in [3.05, 3.63) is 66.2 Å². The molecule has 112 valence electrons. The van der Waals surface area contributed by atoms with Crippen LogP contribution in [0.5, 0.6) is 0 Å². The Balaban J connectivity index is 2.37. The average Bonchev–Trinajstić information content (AvgIpc) is 2.46. The summed E-state index contributed by atoms with van der Waals surface area (Å²) in [6, 6.07) is 13.3. The second-order valence-electron chi connectivity index (χ2n) is 4.20. The van der Waals surface area contributed by atoms with Crippen LogP contribution in [0.25, 0.3) is 0 Å². The van der Waals surface area contributed by atoms with Crippen LogP contribution in [0.4, 0.5) is 13.2 Å². The molecule has 2 aromatic carbocycles. The molecule has 21 heavy (non-hydrogen) atoms. The minimum Gasteiger partial charge on any atom is -0.248 e. The summed E-state index contributed by atoms with van der Waals surface area (Å²) >= 11 is 0. The molecule has 0 aliphatic heterocycles. The highest BCUT2D eigenvalue weighted by atomic mass is 32.2. The molecule has 0 spiro atoms. The molecule has 7 heteroatoms. The van der Waals surface area contributed by atoms with Crippen LogP contribution in [-0.4, -0.2) is 14.6 Å². The Morgan fingerprint density at radius 1 is 0.857 bits per heavy atom. The molecule has 0 heterocycles. The summed E-state index contributed by atoms with van der Waals surface area (Å²) in [4.78, 5) is -0.324. The number of benzene rings is 2. The van der Waals surface area contributed by atoms with E-state index in [9.17, 15) is 21.6 Å². The Labute approximate surface area is 120 Å². The molecular weight excluding hydrogens is 305 g/mol. The van der Waals surface area contributed by atoms with Crippen molar-refractivity contribution in [2.75, 3.05) is 0 Å². The Bertz CT molecular complexity index is 682. The zero-order valence-corrected chi connectivity index (χ0v) is 11.4. The second-order valence-corrected chi connectivity index (χ2v) is 5.77. The Morgan fingerprint density at radius 2 is 1.33 bits per heavy atom. The predicted molar refractivity (Wildman–Crippen MR) is 70.0 cm³/mol. The van der Waals surface area contributed by atoms with Crippen molar-refractivity contribution in [3.63, 3.8) is 0 Å². The quantitative estimate of drug-likeness (QED) is 0.808. The third-order valence-electron chi connectivity index (χ3n) is 2.65. The van der Waals surface area contributed by atoms with Crippen LogP contribution < -0.4 is 0 Å². The Morgan fingerprint density at radius 3 is 1.81 bits per heavy atom. The van der Waals surface area contributed by atoms with Gasteiger partial charge in [-0.1, -0.05) is 48.5 Å². The van der Waals surface area contributed by atoms with E-state index in [0.29, 0.717) is 0 Å². The van der Waals surface area contributed by atoms with Gasteiger partial charge < -0.3 is 0 Å². The third kappa shape index (κ3) is 3.83. The first-order chi connectivity index (χ1) is 9.81. The van der Waals surface area contributed by atoms with Gasteiger partial charge in [-0.2, -0.15) is 21.6 Å². The molecule has 0 aliphatic rings.